The number of esters is 4. The molecule has 2 aliphatic heterocycles. The minimum absolute atomic E-state index is 0.0547. The smallest absolute Gasteiger partial charge is 0.350 e. The third-order valence-electron chi connectivity index (χ3n) is 8.79. The Balaban J connectivity index is 1.56. The lowest BCUT2D eigenvalue weighted by Crippen LogP contribution is -2.57. The molecule has 1 amide bonds. The molecule has 288 valence electrons. The maximum Gasteiger partial charge on any atom is 0.350 e. The van der Waals surface area contributed by atoms with Gasteiger partial charge in [-0.05, 0) is 50.2 Å². The molecule has 3 aromatic rings. The first-order chi connectivity index (χ1) is 25.7. The van der Waals surface area contributed by atoms with Crippen LogP contribution in [0.5, 0.6) is 0 Å². The maximum absolute atomic E-state index is 13.9. The molecular weight excluding hydrogens is 730 g/mol. The zero-order chi connectivity index (χ0) is 39.4. The zero-order valence-electron chi connectivity index (χ0n) is 30.3. The molecule has 4 atom stereocenters. The summed E-state index contributed by atoms with van der Waals surface area (Å²) in [5.74, 6) is -1.63. The highest BCUT2D eigenvalue weighted by molar-refractivity contribution is 6.28. The number of fused-ring (bicyclic) bond motifs is 1. The second kappa shape index (κ2) is 16.3. The van der Waals surface area contributed by atoms with Gasteiger partial charge in [0.15, 0.2) is 17.7 Å². The molecule has 0 saturated carbocycles. The van der Waals surface area contributed by atoms with Crippen LogP contribution in [0.3, 0.4) is 0 Å². The molecule has 0 bridgehead atoms. The molecule has 1 aromatic carbocycles. The number of aromatic nitrogens is 4. The minimum atomic E-state index is -2.46. The van der Waals surface area contributed by atoms with Crippen molar-refractivity contribution < 1.29 is 52.4 Å². The number of carbonyl (C=O) groups excluding carboxylic acids is 5. The van der Waals surface area contributed by atoms with E-state index in [1.165, 1.54) is 10.9 Å². The number of likely N-dealkylation sites (N-methyl/N-ethyl adjacent to an activating group) is 1. The van der Waals surface area contributed by atoms with Crippen molar-refractivity contribution in [1.82, 2.24) is 24.4 Å². The van der Waals surface area contributed by atoms with Crippen molar-refractivity contribution in [2.45, 2.75) is 63.8 Å². The fraction of sp³-hybridized carbons (Fsp3) is 0.486. The molecule has 54 heavy (non-hydrogen) atoms. The number of amides is 1. The molecule has 0 radical (unpaired) electrons. The highest BCUT2D eigenvalue weighted by Gasteiger charge is 2.63. The molecule has 5 rings (SSSR count). The molecule has 2 saturated heterocycles. The summed E-state index contributed by atoms with van der Waals surface area (Å²) in [6.07, 6.45) is 2.41. The van der Waals surface area contributed by atoms with Crippen molar-refractivity contribution >= 4 is 64.1 Å². The highest BCUT2D eigenvalue weighted by Crippen LogP contribution is 2.44. The number of terminal acetylenes is 1. The number of nitrogen functional groups attached to an aromatic ring is 1. The Hall–Kier alpha value is -5.35. The number of imidazole rings is 1. The first kappa shape index (κ1) is 39.8. The summed E-state index contributed by atoms with van der Waals surface area (Å²) in [7, 11) is 1.86. The normalized spacial score (nSPS) is 21.8. The van der Waals surface area contributed by atoms with Gasteiger partial charge in [-0.2, -0.15) is 9.97 Å². The summed E-state index contributed by atoms with van der Waals surface area (Å²) in [6, 6.07) is 6.67. The van der Waals surface area contributed by atoms with Crippen LogP contribution < -0.4 is 10.6 Å². The van der Waals surface area contributed by atoms with Crippen LogP contribution in [0.1, 0.15) is 39.5 Å². The van der Waals surface area contributed by atoms with Crippen LogP contribution in [0.2, 0.25) is 5.28 Å². The summed E-state index contributed by atoms with van der Waals surface area (Å²) >= 11 is 6.10. The van der Waals surface area contributed by atoms with E-state index in [1.807, 2.05) is 11.9 Å². The van der Waals surface area contributed by atoms with Gasteiger partial charge >= 0.3 is 23.9 Å². The predicted octanol–water partition coefficient (Wildman–Crippen LogP) is 1.23. The standard InChI is InChI=1S/C35H40ClN7O11/c1-7-34(54-21(5)45)24(53-30(27(34)52-20(4)44)43-19-38-26-28(37)39-33(36)40-29(26)43)18-51-35(31(47)49-8-2,32(48)50-9-3)16-22-10-12-23(13-11-22)42-15-14-41(6)17-25(42)46/h1,10-13,19,24,27,30H,8-9,14-18H2,2-6H3,(H2,37,39,40)/t24-,27+,30-,34-/m1/s1. The lowest BCUT2D eigenvalue weighted by atomic mass is 9.91. The zero-order valence-corrected chi connectivity index (χ0v) is 31.0. The summed E-state index contributed by atoms with van der Waals surface area (Å²) < 4.78 is 36.0. The topological polar surface area (TPSA) is 217 Å². The number of halogens is 1. The Labute approximate surface area is 315 Å². The van der Waals surface area contributed by atoms with E-state index in [-0.39, 0.29) is 47.9 Å². The van der Waals surface area contributed by atoms with Gasteiger partial charge in [-0.25, -0.2) is 14.6 Å². The fourth-order valence-corrected chi connectivity index (χ4v) is 6.52. The Bertz CT molecular complexity index is 1950. The lowest BCUT2D eigenvalue weighted by molar-refractivity contribution is -0.200. The molecular formula is C35H40ClN7O11. The van der Waals surface area contributed by atoms with Crippen LogP contribution in [0.4, 0.5) is 11.5 Å². The first-order valence-electron chi connectivity index (χ1n) is 16.9. The number of anilines is 2. The monoisotopic (exact) mass is 769 g/mol. The molecule has 2 aliphatic rings. The Morgan fingerprint density at radius 1 is 1.07 bits per heavy atom. The average Bonchev–Trinajstić information content (AvgIpc) is 3.65. The van der Waals surface area contributed by atoms with Gasteiger partial charge < -0.3 is 39.1 Å². The number of benzene rings is 1. The van der Waals surface area contributed by atoms with Crippen LogP contribution in [-0.2, 0) is 58.8 Å². The third-order valence-corrected chi connectivity index (χ3v) is 8.96. The van der Waals surface area contributed by atoms with E-state index < -0.39 is 66.5 Å². The van der Waals surface area contributed by atoms with E-state index in [4.69, 9.17) is 52.2 Å². The number of rotatable bonds is 13. The van der Waals surface area contributed by atoms with Crippen molar-refractivity contribution in [2.24, 2.45) is 0 Å². The second-order valence-corrected chi connectivity index (χ2v) is 12.8. The number of hydrogen-bond donors (Lipinski definition) is 1. The van der Waals surface area contributed by atoms with E-state index in [0.29, 0.717) is 24.3 Å². The Morgan fingerprint density at radius 2 is 1.74 bits per heavy atom. The number of nitrogens with two attached hydrogens (primary N) is 1. The van der Waals surface area contributed by atoms with Gasteiger partial charge in [-0.3, -0.25) is 23.9 Å². The molecule has 0 unspecified atom stereocenters. The van der Waals surface area contributed by atoms with Crippen LogP contribution in [0.15, 0.2) is 30.6 Å². The average molecular weight is 770 g/mol. The van der Waals surface area contributed by atoms with E-state index in [9.17, 15) is 24.0 Å². The SMILES string of the molecule is C#C[C@@]1(OC(C)=O)[C@@H](COC(Cc2ccc(N3CCN(C)CC3=O)cc2)(C(=O)OCC)C(=O)OCC)O[C@@H](n2cnc3c(N)nc(Cl)nc32)[C@@H]1OC(C)=O. The van der Waals surface area contributed by atoms with Crippen molar-refractivity contribution in [2.75, 3.05) is 57.1 Å². The highest BCUT2D eigenvalue weighted by atomic mass is 35.5. The van der Waals surface area contributed by atoms with Gasteiger partial charge in [0.25, 0.3) is 5.60 Å². The Kier molecular flexibility index (Phi) is 12.1. The minimum Gasteiger partial charge on any atom is -0.463 e. The summed E-state index contributed by atoms with van der Waals surface area (Å²) in [6.45, 7) is 5.71. The fourth-order valence-electron chi connectivity index (χ4n) is 6.35. The second-order valence-electron chi connectivity index (χ2n) is 12.5. The lowest BCUT2D eigenvalue weighted by Gasteiger charge is -2.35. The number of hydrogen-bond acceptors (Lipinski definition) is 16. The number of nitrogens with zero attached hydrogens (tertiary/aromatic N) is 6. The van der Waals surface area contributed by atoms with Crippen molar-refractivity contribution in [3.05, 3.63) is 41.4 Å². The molecule has 0 spiro atoms. The number of ether oxygens (including phenoxy) is 6. The van der Waals surface area contributed by atoms with Gasteiger partial charge in [0, 0.05) is 39.0 Å². The van der Waals surface area contributed by atoms with Crippen molar-refractivity contribution in [1.29, 1.82) is 0 Å². The van der Waals surface area contributed by atoms with Gasteiger partial charge in [0.2, 0.25) is 22.9 Å². The molecule has 2 aromatic heterocycles. The van der Waals surface area contributed by atoms with Gasteiger partial charge in [-0.1, -0.05) is 18.1 Å². The van der Waals surface area contributed by atoms with Crippen LogP contribution in [0.25, 0.3) is 11.2 Å². The van der Waals surface area contributed by atoms with Crippen molar-refractivity contribution in [3.8, 4) is 12.3 Å². The summed E-state index contributed by atoms with van der Waals surface area (Å²) in [5.41, 5.74) is 2.58. The number of piperazine rings is 1. The molecule has 0 aliphatic carbocycles. The molecule has 2 fully saturated rings. The van der Waals surface area contributed by atoms with Gasteiger partial charge in [-0.15, -0.1) is 6.42 Å². The largest absolute Gasteiger partial charge is 0.463 e. The quantitative estimate of drug-likeness (QED) is 0.0850. The van der Waals surface area contributed by atoms with Crippen molar-refractivity contribution in [3.63, 3.8) is 0 Å². The molecule has 18 nitrogen and oxygen atoms in total. The summed E-state index contributed by atoms with van der Waals surface area (Å²) in [5, 5.41) is -0.233. The van der Waals surface area contributed by atoms with Gasteiger partial charge in [0.05, 0.1) is 32.7 Å². The Morgan fingerprint density at radius 3 is 2.31 bits per heavy atom. The van der Waals surface area contributed by atoms with E-state index in [1.54, 1.807) is 43.0 Å². The molecule has 4 heterocycles. The van der Waals surface area contributed by atoms with Crippen LogP contribution in [0, 0.1) is 12.3 Å². The third kappa shape index (κ3) is 7.80. The molecule has 2 N–H and O–H groups in total. The number of carbonyl (C=O) groups is 5. The maximum atomic E-state index is 13.9. The summed E-state index contributed by atoms with van der Waals surface area (Å²) in [4.78, 5) is 81.5. The van der Waals surface area contributed by atoms with E-state index >= 15 is 0 Å². The predicted molar refractivity (Wildman–Crippen MR) is 189 cm³/mol. The van der Waals surface area contributed by atoms with E-state index in [0.717, 1.165) is 13.8 Å². The first-order valence-corrected chi connectivity index (χ1v) is 17.3. The van der Waals surface area contributed by atoms with Gasteiger partial charge in [0.1, 0.15) is 11.6 Å². The van der Waals surface area contributed by atoms with Crippen LogP contribution in [-0.4, -0.2) is 124 Å². The molecule has 19 heteroatoms. The van der Waals surface area contributed by atoms with E-state index in [2.05, 4.69) is 20.9 Å². The van der Waals surface area contributed by atoms with Crippen LogP contribution >= 0.6 is 11.6 Å².